The van der Waals surface area contributed by atoms with E-state index in [-0.39, 0.29) is 0 Å². The van der Waals surface area contributed by atoms with Crippen LogP contribution in [0.1, 0.15) is 23.1 Å². The molecule has 0 aliphatic carbocycles. The molecule has 0 radical (unpaired) electrons. The van der Waals surface area contributed by atoms with E-state index in [1.54, 1.807) is 0 Å². The molecule has 0 bridgehead atoms. The maximum atomic E-state index is 5.64. The van der Waals surface area contributed by atoms with Gasteiger partial charge in [0.1, 0.15) is 5.75 Å². The molecule has 13 heavy (non-hydrogen) atoms. The Morgan fingerprint density at radius 3 is 2.92 bits per heavy atom. The van der Waals surface area contributed by atoms with Crippen LogP contribution in [-0.4, -0.2) is 6.61 Å². The van der Waals surface area contributed by atoms with E-state index in [9.17, 15) is 0 Å². The largest absolute Gasteiger partial charge is 0.492 e. The number of hydrogen-bond acceptors (Lipinski definition) is 1. The van der Waals surface area contributed by atoms with Gasteiger partial charge in [-0.15, -0.1) is 0 Å². The van der Waals surface area contributed by atoms with Crippen molar-refractivity contribution in [1.29, 1.82) is 0 Å². The summed E-state index contributed by atoms with van der Waals surface area (Å²) in [5.74, 6) is 1.06. The summed E-state index contributed by atoms with van der Waals surface area (Å²) in [4.78, 5) is 0. The fourth-order valence-corrected chi connectivity index (χ4v) is 2.49. The van der Waals surface area contributed by atoms with Gasteiger partial charge in [-0.3, -0.25) is 0 Å². The number of rotatable bonds is 0. The second kappa shape index (κ2) is 3.33. The minimum absolute atomic E-state index is 0.855. The first-order valence-electron chi connectivity index (χ1n) is 4.61. The highest BCUT2D eigenvalue weighted by atomic mass is 79.9. The van der Waals surface area contributed by atoms with Gasteiger partial charge in [-0.2, -0.15) is 0 Å². The Hall–Kier alpha value is -0.500. The van der Waals surface area contributed by atoms with Crippen molar-refractivity contribution in [1.82, 2.24) is 0 Å². The van der Waals surface area contributed by atoms with Crippen molar-refractivity contribution in [2.24, 2.45) is 0 Å². The molecule has 2 rings (SSSR count). The summed E-state index contributed by atoms with van der Waals surface area (Å²) in [5.41, 5.74) is 4.12. The zero-order chi connectivity index (χ0) is 9.42. The van der Waals surface area contributed by atoms with Gasteiger partial charge < -0.3 is 4.74 Å². The molecule has 1 aliphatic rings. The van der Waals surface area contributed by atoms with Gasteiger partial charge in [0, 0.05) is 0 Å². The first kappa shape index (κ1) is 9.07. The van der Waals surface area contributed by atoms with Crippen LogP contribution < -0.4 is 4.74 Å². The Kier molecular flexibility index (Phi) is 2.33. The Morgan fingerprint density at radius 1 is 1.38 bits per heavy atom. The van der Waals surface area contributed by atoms with Crippen molar-refractivity contribution in [3.8, 4) is 5.75 Å². The number of hydrogen-bond donors (Lipinski definition) is 0. The van der Waals surface area contributed by atoms with E-state index < -0.39 is 0 Å². The molecule has 0 atom stereocenters. The van der Waals surface area contributed by atoms with Crippen LogP contribution in [0.2, 0.25) is 0 Å². The van der Waals surface area contributed by atoms with Crippen molar-refractivity contribution >= 4 is 15.9 Å². The van der Waals surface area contributed by atoms with E-state index >= 15 is 0 Å². The lowest BCUT2D eigenvalue weighted by Crippen LogP contribution is -2.10. The van der Waals surface area contributed by atoms with Gasteiger partial charge in [-0.05, 0) is 65.4 Å². The van der Waals surface area contributed by atoms with Crippen molar-refractivity contribution in [3.05, 3.63) is 27.2 Å². The zero-order valence-corrected chi connectivity index (χ0v) is 9.57. The molecule has 1 aromatic carbocycles. The molecule has 0 saturated carbocycles. The lowest BCUT2D eigenvalue weighted by molar-refractivity contribution is 0.285. The van der Waals surface area contributed by atoms with E-state index in [0.29, 0.717) is 0 Å². The minimum Gasteiger partial charge on any atom is -0.492 e. The maximum Gasteiger partial charge on any atom is 0.136 e. The summed E-state index contributed by atoms with van der Waals surface area (Å²) in [5, 5.41) is 0. The Balaban J connectivity index is 2.63. The highest BCUT2D eigenvalue weighted by Gasteiger charge is 2.16. The summed E-state index contributed by atoms with van der Waals surface area (Å²) in [6.45, 7) is 5.18. The molecule has 0 fully saturated rings. The van der Waals surface area contributed by atoms with Crippen LogP contribution in [0.15, 0.2) is 10.5 Å². The molecule has 0 spiro atoms. The number of fused-ring (bicyclic) bond motifs is 1. The highest BCUT2D eigenvalue weighted by molar-refractivity contribution is 9.10. The first-order chi connectivity index (χ1) is 6.20. The zero-order valence-electron chi connectivity index (χ0n) is 7.98. The monoisotopic (exact) mass is 240 g/mol. The van der Waals surface area contributed by atoms with E-state index in [1.807, 2.05) is 0 Å². The molecule has 1 nitrogen and oxygen atoms in total. The second-order valence-corrected chi connectivity index (χ2v) is 4.41. The summed E-state index contributed by atoms with van der Waals surface area (Å²) in [7, 11) is 0. The Labute approximate surface area is 87.2 Å². The van der Waals surface area contributed by atoms with Crippen molar-refractivity contribution < 1.29 is 4.74 Å². The Morgan fingerprint density at radius 2 is 2.15 bits per heavy atom. The molecule has 0 saturated heterocycles. The highest BCUT2D eigenvalue weighted by Crippen LogP contribution is 2.36. The SMILES string of the molecule is Cc1cc(Br)c2c(c1C)CCCO2. The predicted octanol–water partition coefficient (Wildman–Crippen LogP) is 3.39. The molecule has 1 heterocycles. The number of benzene rings is 1. The van der Waals surface area contributed by atoms with Gasteiger partial charge in [-0.25, -0.2) is 0 Å². The average Bonchev–Trinajstić information content (AvgIpc) is 2.15. The van der Waals surface area contributed by atoms with Gasteiger partial charge in [0.2, 0.25) is 0 Å². The van der Waals surface area contributed by atoms with Crippen molar-refractivity contribution in [3.63, 3.8) is 0 Å². The molecule has 0 unspecified atom stereocenters. The predicted molar refractivity (Wildman–Crippen MR) is 57.4 cm³/mol. The van der Waals surface area contributed by atoms with E-state index in [2.05, 4.69) is 35.8 Å². The molecular formula is C11H13BrO. The van der Waals surface area contributed by atoms with Crippen molar-refractivity contribution in [2.75, 3.05) is 6.61 Å². The average molecular weight is 241 g/mol. The molecule has 70 valence electrons. The summed E-state index contributed by atoms with van der Waals surface area (Å²) >= 11 is 3.54. The van der Waals surface area contributed by atoms with Gasteiger partial charge >= 0.3 is 0 Å². The van der Waals surface area contributed by atoms with Crippen LogP contribution in [0.5, 0.6) is 5.75 Å². The molecule has 1 aliphatic heterocycles. The first-order valence-corrected chi connectivity index (χ1v) is 5.41. The summed E-state index contributed by atoms with van der Waals surface area (Å²) in [6.07, 6.45) is 2.30. The topological polar surface area (TPSA) is 9.23 Å². The number of ether oxygens (including phenoxy) is 1. The third-order valence-electron chi connectivity index (χ3n) is 2.70. The molecule has 2 heteroatoms. The van der Waals surface area contributed by atoms with Crippen LogP contribution in [0.25, 0.3) is 0 Å². The van der Waals surface area contributed by atoms with Crippen LogP contribution in [0.3, 0.4) is 0 Å². The van der Waals surface area contributed by atoms with Crippen LogP contribution in [0.4, 0.5) is 0 Å². The molecule has 0 amide bonds. The van der Waals surface area contributed by atoms with Gasteiger partial charge in [0.15, 0.2) is 0 Å². The van der Waals surface area contributed by atoms with Crippen LogP contribution in [-0.2, 0) is 6.42 Å². The third-order valence-corrected chi connectivity index (χ3v) is 3.28. The van der Waals surface area contributed by atoms with Gasteiger partial charge in [-0.1, -0.05) is 0 Å². The summed E-state index contributed by atoms with van der Waals surface area (Å²) < 4.78 is 6.75. The number of halogens is 1. The van der Waals surface area contributed by atoms with Gasteiger partial charge in [0.25, 0.3) is 0 Å². The van der Waals surface area contributed by atoms with Crippen LogP contribution in [0, 0.1) is 13.8 Å². The molecule has 0 aromatic heterocycles. The van der Waals surface area contributed by atoms with E-state index in [1.165, 1.54) is 16.7 Å². The fourth-order valence-electron chi connectivity index (χ4n) is 1.80. The molecule has 1 aromatic rings. The number of aryl methyl sites for hydroxylation is 1. The lowest BCUT2D eigenvalue weighted by Gasteiger charge is -2.21. The molecule has 0 N–H and O–H groups in total. The van der Waals surface area contributed by atoms with Crippen LogP contribution >= 0.6 is 15.9 Å². The van der Waals surface area contributed by atoms with Gasteiger partial charge in [0.05, 0.1) is 11.1 Å². The maximum absolute atomic E-state index is 5.64. The molecular weight excluding hydrogens is 228 g/mol. The van der Waals surface area contributed by atoms with E-state index in [0.717, 1.165) is 29.7 Å². The smallest absolute Gasteiger partial charge is 0.136 e. The third kappa shape index (κ3) is 1.48. The van der Waals surface area contributed by atoms with Crippen molar-refractivity contribution in [2.45, 2.75) is 26.7 Å². The second-order valence-electron chi connectivity index (χ2n) is 3.56. The standard InChI is InChI=1S/C11H13BrO/c1-7-6-10(12)11-9(8(7)2)4-3-5-13-11/h6H,3-5H2,1-2H3. The quantitative estimate of drug-likeness (QED) is 0.676. The normalized spacial score (nSPS) is 15.0. The summed E-state index contributed by atoms with van der Waals surface area (Å²) in [6, 6.07) is 2.14. The lowest BCUT2D eigenvalue weighted by atomic mass is 9.97. The fraction of sp³-hybridized carbons (Fsp3) is 0.455. The van der Waals surface area contributed by atoms with E-state index in [4.69, 9.17) is 4.74 Å². The minimum atomic E-state index is 0.855. The Bertz CT molecular complexity index is 344.